The minimum absolute atomic E-state index is 0.0148. The van der Waals surface area contributed by atoms with Gasteiger partial charge in [-0.2, -0.15) is 0 Å². The van der Waals surface area contributed by atoms with Gasteiger partial charge >= 0.3 is 5.69 Å². The fourth-order valence-corrected chi connectivity index (χ4v) is 2.63. The molecule has 21 heavy (non-hydrogen) atoms. The zero-order valence-electron chi connectivity index (χ0n) is 10.2. The smallest absolute Gasteiger partial charge is 0.324 e. The van der Waals surface area contributed by atoms with Gasteiger partial charge < -0.3 is 5.32 Å². The molecular weight excluding hydrogens is 411 g/mol. The molecule has 0 fully saturated rings. The van der Waals surface area contributed by atoms with Gasteiger partial charge in [-0.25, -0.2) is 4.63 Å². The minimum Gasteiger partial charge on any atom is -0.349 e. The molecule has 0 spiro atoms. The summed E-state index contributed by atoms with van der Waals surface area (Å²) in [6, 6.07) is 8.83. The second-order valence-electron chi connectivity index (χ2n) is 4.08. The zero-order valence-corrected chi connectivity index (χ0v) is 13.1. The number of anilines is 2. The molecule has 0 aliphatic carbocycles. The molecule has 106 valence electrons. The van der Waals surface area contributed by atoms with Gasteiger partial charge in [0.2, 0.25) is 5.52 Å². The topological polar surface area (TPSA) is 94.1 Å². The second kappa shape index (κ2) is 5.45. The van der Waals surface area contributed by atoms with Crippen LogP contribution in [0.3, 0.4) is 0 Å². The fourth-order valence-electron chi connectivity index (χ4n) is 1.88. The van der Waals surface area contributed by atoms with Crippen LogP contribution in [-0.4, -0.2) is 15.2 Å². The molecule has 0 unspecified atom stereocenters. The van der Waals surface area contributed by atoms with Gasteiger partial charge in [-0.15, -0.1) is 0 Å². The minimum atomic E-state index is -0.541. The first kappa shape index (κ1) is 14.0. The zero-order chi connectivity index (χ0) is 15.0. The van der Waals surface area contributed by atoms with Crippen LogP contribution in [0.5, 0.6) is 0 Å². The Morgan fingerprint density at radius 3 is 2.67 bits per heavy atom. The van der Waals surface area contributed by atoms with Crippen LogP contribution in [0.4, 0.5) is 17.1 Å². The largest absolute Gasteiger partial charge is 0.349 e. The van der Waals surface area contributed by atoms with E-state index in [1.54, 1.807) is 0 Å². The monoisotopic (exact) mass is 416 g/mol. The molecule has 2 aromatic carbocycles. The van der Waals surface area contributed by atoms with Crippen LogP contribution in [0.25, 0.3) is 11.0 Å². The van der Waals surface area contributed by atoms with Crippen molar-refractivity contribution >= 4 is 62.3 Å². The van der Waals surface area contributed by atoms with Gasteiger partial charge in [0, 0.05) is 3.57 Å². The number of halogens is 2. The van der Waals surface area contributed by atoms with E-state index in [1.807, 2.05) is 24.3 Å². The molecule has 0 saturated carbocycles. The Morgan fingerprint density at radius 2 is 1.95 bits per heavy atom. The second-order valence-corrected chi connectivity index (χ2v) is 5.65. The maximum absolute atomic E-state index is 11.3. The number of hydrogen-bond donors (Lipinski definition) is 1. The number of hydrogen-bond acceptors (Lipinski definition) is 6. The van der Waals surface area contributed by atoms with Crippen LogP contribution in [0.2, 0.25) is 5.02 Å². The maximum atomic E-state index is 11.3. The van der Waals surface area contributed by atoms with Crippen LogP contribution in [0.1, 0.15) is 0 Å². The van der Waals surface area contributed by atoms with Crippen molar-refractivity contribution in [3.8, 4) is 0 Å². The summed E-state index contributed by atoms with van der Waals surface area (Å²) in [4.78, 5) is 10.8. The molecule has 0 aliphatic rings. The van der Waals surface area contributed by atoms with Crippen molar-refractivity contribution in [2.24, 2.45) is 0 Å². The molecule has 3 aromatic rings. The Labute approximate surface area is 136 Å². The lowest BCUT2D eigenvalue weighted by molar-refractivity contribution is -0.382. The number of para-hydroxylation sites is 1. The van der Waals surface area contributed by atoms with Gasteiger partial charge in [0.25, 0.3) is 0 Å². The molecule has 0 bridgehead atoms. The number of nitro benzene ring substituents is 1. The predicted octanol–water partition coefficient (Wildman–Crippen LogP) is 4.13. The molecule has 0 radical (unpaired) electrons. The summed E-state index contributed by atoms with van der Waals surface area (Å²) in [5.41, 5.74) is 0.915. The average Bonchev–Trinajstić information content (AvgIpc) is 2.90. The Kier molecular flexibility index (Phi) is 3.64. The summed E-state index contributed by atoms with van der Waals surface area (Å²) < 4.78 is 5.46. The number of fused-ring (bicyclic) bond motifs is 1. The molecule has 1 aromatic heterocycles. The highest BCUT2D eigenvalue weighted by Gasteiger charge is 2.25. The number of nitro groups is 1. The lowest BCUT2D eigenvalue weighted by Crippen LogP contribution is -1.99. The van der Waals surface area contributed by atoms with E-state index in [-0.39, 0.29) is 27.4 Å². The van der Waals surface area contributed by atoms with Crippen LogP contribution in [0.15, 0.2) is 35.0 Å². The van der Waals surface area contributed by atoms with E-state index in [0.717, 1.165) is 9.26 Å². The van der Waals surface area contributed by atoms with E-state index < -0.39 is 4.92 Å². The van der Waals surface area contributed by atoms with Crippen LogP contribution in [0, 0.1) is 13.7 Å². The number of rotatable bonds is 3. The van der Waals surface area contributed by atoms with Crippen molar-refractivity contribution in [2.75, 3.05) is 5.32 Å². The van der Waals surface area contributed by atoms with E-state index in [2.05, 4.69) is 42.9 Å². The van der Waals surface area contributed by atoms with Crippen LogP contribution < -0.4 is 5.32 Å². The first-order valence-corrected chi connectivity index (χ1v) is 7.14. The van der Waals surface area contributed by atoms with Crippen LogP contribution >= 0.6 is 34.2 Å². The van der Waals surface area contributed by atoms with Gasteiger partial charge in [0.1, 0.15) is 5.69 Å². The first-order chi connectivity index (χ1) is 10.1. The molecule has 0 saturated heterocycles. The van der Waals surface area contributed by atoms with Gasteiger partial charge in [-0.05, 0) is 51.1 Å². The first-order valence-electron chi connectivity index (χ1n) is 5.68. The van der Waals surface area contributed by atoms with E-state index in [1.165, 1.54) is 6.07 Å². The quantitative estimate of drug-likeness (QED) is 0.392. The third kappa shape index (κ3) is 2.51. The normalized spacial score (nSPS) is 10.8. The Hall–Kier alpha value is -1.94. The summed E-state index contributed by atoms with van der Waals surface area (Å²) in [6.45, 7) is 0. The molecular formula is C12H6ClIN4O3. The summed E-state index contributed by atoms with van der Waals surface area (Å²) in [7, 11) is 0. The highest BCUT2D eigenvalue weighted by Crippen LogP contribution is 2.38. The molecule has 9 heteroatoms. The molecule has 3 rings (SSSR count). The highest BCUT2D eigenvalue weighted by atomic mass is 127. The van der Waals surface area contributed by atoms with Crippen molar-refractivity contribution < 1.29 is 9.55 Å². The average molecular weight is 417 g/mol. The summed E-state index contributed by atoms with van der Waals surface area (Å²) >= 11 is 8.19. The van der Waals surface area contributed by atoms with Crippen LogP contribution in [-0.2, 0) is 0 Å². The number of nitrogens with zero attached hydrogens (tertiary/aromatic N) is 3. The van der Waals surface area contributed by atoms with Crippen molar-refractivity contribution in [2.45, 2.75) is 0 Å². The molecule has 0 amide bonds. The lowest BCUT2D eigenvalue weighted by atomic mass is 10.2. The van der Waals surface area contributed by atoms with Crippen molar-refractivity contribution in [1.82, 2.24) is 10.3 Å². The number of benzene rings is 2. The fraction of sp³-hybridized carbons (Fsp3) is 0. The van der Waals surface area contributed by atoms with E-state index in [0.29, 0.717) is 0 Å². The Bertz CT molecular complexity index is 852. The van der Waals surface area contributed by atoms with Gasteiger partial charge in [0.05, 0.1) is 15.6 Å². The van der Waals surface area contributed by atoms with Crippen molar-refractivity contribution in [1.29, 1.82) is 0 Å². The van der Waals surface area contributed by atoms with Crippen molar-refractivity contribution in [3.63, 3.8) is 0 Å². The summed E-state index contributed by atoms with van der Waals surface area (Å²) in [5, 5.41) is 21.7. The maximum Gasteiger partial charge on any atom is 0.324 e. The Balaban J connectivity index is 2.20. The lowest BCUT2D eigenvalue weighted by Gasteiger charge is -2.09. The van der Waals surface area contributed by atoms with Gasteiger partial charge in [-0.3, -0.25) is 10.1 Å². The summed E-state index contributed by atoms with van der Waals surface area (Å²) in [5.74, 6) is 0. The third-order valence-corrected chi connectivity index (χ3v) is 4.02. The molecule has 0 atom stereocenters. The van der Waals surface area contributed by atoms with Gasteiger partial charge in [-0.1, -0.05) is 23.7 Å². The SMILES string of the molecule is O=[N+]([O-])c1c(Nc2ccccc2I)cc(Cl)c2nonc12. The summed E-state index contributed by atoms with van der Waals surface area (Å²) in [6.07, 6.45) is 0. The van der Waals surface area contributed by atoms with E-state index in [4.69, 9.17) is 11.6 Å². The standard InChI is InChI=1S/C12H6ClIN4O3/c13-6-5-9(15-8-4-2-1-3-7(8)14)12(18(19)20)11-10(6)16-21-17-11/h1-5,15H. The van der Waals surface area contributed by atoms with Gasteiger partial charge in [0.15, 0.2) is 5.52 Å². The van der Waals surface area contributed by atoms with Crippen molar-refractivity contribution in [3.05, 3.63) is 49.0 Å². The Morgan fingerprint density at radius 1 is 1.24 bits per heavy atom. The van der Waals surface area contributed by atoms with E-state index >= 15 is 0 Å². The van der Waals surface area contributed by atoms with E-state index in [9.17, 15) is 10.1 Å². The predicted molar refractivity (Wildman–Crippen MR) is 85.9 cm³/mol. The number of aromatic nitrogens is 2. The molecule has 0 aliphatic heterocycles. The number of nitrogens with one attached hydrogen (secondary N) is 1. The molecule has 1 N–H and O–H groups in total. The molecule has 1 heterocycles. The molecule has 7 nitrogen and oxygen atoms in total. The third-order valence-electron chi connectivity index (χ3n) is 2.79. The highest BCUT2D eigenvalue weighted by molar-refractivity contribution is 14.1.